The highest BCUT2D eigenvalue weighted by atomic mass is 35.5. The van der Waals surface area contributed by atoms with Gasteiger partial charge >= 0.3 is 0 Å². The van der Waals surface area contributed by atoms with Crippen molar-refractivity contribution in [1.29, 1.82) is 0 Å². The lowest BCUT2D eigenvalue weighted by atomic mass is 9.51. The van der Waals surface area contributed by atoms with Gasteiger partial charge in [0.1, 0.15) is 0 Å². The minimum Gasteiger partial charge on any atom is -0.122 e. The number of alkyl halides is 1. The first-order valence-electron chi connectivity index (χ1n) is 8.08. The van der Waals surface area contributed by atoms with E-state index in [2.05, 4.69) is 12.1 Å². The molecule has 1 aromatic carbocycles. The number of rotatable bonds is 3. The second kappa shape index (κ2) is 5.21. The Morgan fingerprint density at radius 2 is 1.55 bits per heavy atom. The summed E-state index contributed by atoms with van der Waals surface area (Å²) in [5, 5.41) is 1.15. The fourth-order valence-electron chi connectivity index (χ4n) is 5.57. The van der Waals surface area contributed by atoms with Crippen LogP contribution >= 0.6 is 23.2 Å². The number of halogens is 2. The molecular weight excluding hydrogens is 287 g/mol. The second-order valence-electron chi connectivity index (χ2n) is 7.32. The van der Waals surface area contributed by atoms with Crippen LogP contribution in [0.3, 0.4) is 0 Å². The Labute approximate surface area is 131 Å². The van der Waals surface area contributed by atoms with Gasteiger partial charge in [-0.05, 0) is 79.7 Å². The van der Waals surface area contributed by atoms with E-state index in [1.165, 1.54) is 37.7 Å². The molecule has 0 spiro atoms. The van der Waals surface area contributed by atoms with Crippen LogP contribution in [0.2, 0.25) is 5.02 Å². The van der Waals surface area contributed by atoms with Crippen LogP contribution in [0.1, 0.15) is 37.7 Å². The monoisotopic (exact) mass is 308 g/mol. The maximum Gasteiger partial charge on any atom is 0.0438 e. The van der Waals surface area contributed by atoms with Gasteiger partial charge in [-0.3, -0.25) is 0 Å². The fraction of sp³-hybridized carbons (Fsp3) is 0.667. The van der Waals surface area contributed by atoms with Gasteiger partial charge in [-0.15, -0.1) is 11.6 Å². The Morgan fingerprint density at radius 3 is 2.15 bits per heavy atom. The van der Waals surface area contributed by atoms with Crippen molar-refractivity contribution in [2.24, 2.45) is 29.6 Å². The summed E-state index contributed by atoms with van der Waals surface area (Å²) in [6, 6.07) is 8.19. The van der Waals surface area contributed by atoms with E-state index >= 15 is 0 Å². The highest BCUT2D eigenvalue weighted by Crippen LogP contribution is 2.58. The Hall–Kier alpha value is -0.200. The summed E-state index contributed by atoms with van der Waals surface area (Å²) in [4.78, 5) is 0. The molecule has 0 amide bonds. The molecule has 5 rings (SSSR count). The van der Waals surface area contributed by atoms with Gasteiger partial charge in [0.05, 0.1) is 0 Å². The number of hydrogen-bond donors (Lipinski definition) is 0. The minimum atomic E-state index is 0.268. The number of benzene rings is 1. The van der Waals surface area contributed by atoms with Gasteiger partial charge < -0.3 is 0 Å². The molecule has 0 radical (unpaired) electrons. The third kappa shape index (κ3) is 2.29. The predicted octanol–water partition coefficient (Wildman–Crippen LogP) is 5.56. The van der Waals surface area contributed by atoms with E-state index < -0.39 is 0 Å². The van der Waals surface area contributed by atoms with E-state index in [1.54, 1.807) is 0 Å². The van der Waals surface area contributed by atoms with Crippen LogP contribution in [0.5, 0.6) is 0 Å². The maximum absolute atomic E-state index is 6.87. The standard InChI is InChI=1S/C18H22Cl2/c19-16-4-2-1-3-13(16)10-17(20)18-14-6-11-5-12(8-14)9-15(18)7-11/h1-4,11-12,14-15,17-18H,5-10H2. The third-order valence-corrected chi connectivity index (χ3v) is 6.90. The van der Waals surface area contributed by atoms with Crippen molar-refractivity contribution in [3.8, 4) is 0 Å². The smallest absolute Gasteiger partial charge is 0.0438 e. The van der Waals surface area contributed by atoms with Gasteiger partial charge in [-0.25, -0.2) is 0 Å². The van der Waals surface area contributed by atoms with Crippen molar-refractivity contribution in [3.63, 3.8) is 0 Å². The molecule has 4 aliphatic carbocycles. The van der Waals surface area contributed by atoms with Crippen LogP contribution < -0.4 is 0 Å². The van der Waals surface area contributed by atoms with E-state index in [0.29, 0.717) is 0 Å². The summed E-state index contributed by atoms with van der Waals surface area (Å²) < 4.78 is 0. The minimum absolute atomic E-state index is 0.268. The molecule has 20 heavy (non-hydrogen) atoms. The maximum atomic E-state index is 6.87. The lowest BCUT2D eigenvalue weighted by Crippen LogP contribution is -2.48. The van der Waals surface area contributed by atoms with Crippen LogP contribution in [0.25, 0.3) is 0 Å². The van der Waals surface area contributed by atoms with Gasteiger partial charge in [0.15, 0.2) is 0 Å². The predicted molar refractivity (Wildman–Crippen MR) is 85.3 cm³/mol. The van der Waals surface area contributed by atoms with Crippen molar-refractivity contribution in [3.05, 3.63) is 34.9 Å². The average molecular weight is 309 g/mol. The lowest BCUT2D eigenvalue weighted by Gasteiger charge is -2.55. The van der Waals surface area contributed by atoms with Crippen LogP contribution in [0, 0.1) is 29.6 Å². The normalized spacial score (nSPS) is 40.0. The zero-order chi connectivity index (χ0) is 13.7. The van der Waals surface area contributed by atoms with Crippen LogP contribution in [0.15, 0.2) is 24.3 Å². The van der Waals surface area contributed by atoms with Crippen molar-refractivity contribution in [2.75, 3.05) is 0 Å². The first kappa shape index (κ1) is 13.5. The molecule has 0 saturated heterocycles. The first-order valence-corrected chi connectivity index (χ1v) is 8.89. The second-order valence-corrected chi connectivity index (χ2v) is 8.29. The van der Waals surface area contributed by atoms with E-state index in [-0.39, 0.29) is 5.38 Å². The molecule has 0 nitrogen and oxygen atoms in total. The molecule has 1 atom stereocenters. The Balaban J connectivity index is 1.51. The molecular formula is C18H22Cl2. The molecule has 108 valence electrons. The van der Waals surface area contributed by atoms with E-state index in [1.807, 2.05) is 12.1 Å². The highest BCUT2D eigenvalue weighted by molar-refractivity contribution is 6.31. The van der Waals surface area contributed by atoms with Crippen LogP contribution in [-0.4, -0.2) is 5.38 Å². The zero-order valence-electron chi connectivity index (χ0n) is 11.8. The zero-order valence-corrected chi connectivity index (χ0v) is 13.3. The Bertz CT molecular complexity index is 468. The van der Waals surface area contributed by atoms with E-state index in [0.717, 1.165) is 41.0 Å². The van der Waals surface area contributed by atoms with Crippen LogP contribution in [-0.2, 0) is 6.42 Å². The molecule has 2 heteroatoms. The van der Waals surface area contributed by atoms with Crippen molar-refractivity contribution >= 4 is 23.2 Å². The summed E-state index contributed by atoms with van der Waals surface area (Å²) in [7, 11) is 0. The summed E-state index contributed by atoms with van der Waals surface area (Å²) >= 11 is 13.2. The van der Waals surface area contributed by atoms with Gasteiger partial charge in [-0.2, -0.15) is 0 Å². The lowest BCUT2D eigenvalue weighted by molar-refractivity contribution is -0.0376. The fourth-order valence-corrected chi connectivity index (χ4v) is 6.36. The summed E-state index contributed by atoms with van der Waals surface area (Å²) in [5.41, 5.74) is 1.22. The van der Waals surface area contributed by atoms with Gasteiger partial charge in [0, 0.05) is 10.4 Å². The Morgan fingerprint density at radius 1 is 0.950 bits per heavy atom. The molecule has 4 fully saturated rings. The summed E-state index contributed by atoms with van der Waals surface area (Å²) in [5.74, 6) is 4.59. The Kier molecular flexibility index (Phi) is 3.51. The van der Waals surface area contributed by atoms with Gasteiger partial charge in [0.2, 0.25) is 0 Å². The van der Waals surface area contributed by atoms with E-state index in [9.17, 15) is 0 Å². The largest absolute Gasteiger partial charge is 0.122 e. The summed E-state index contributed by atoms with van der Waals surface area (Å²) in [6.45, 7) is 0. The average Bonchev–Trinajstić information content (AvgIpc) is 2.40. The highest BCUT2D eigenvalue weighted by Gasteiger charge is 2.50. The molecule has 4 saturated carbocycles. The molecule has 0 aromatic heterocycles. The molecule has 0 heterocycles. The molecule has 0 N–H and O–H groups in total. The van der Waals surface area contributed by atoms with Crippen molar-refractivity contribution in [2.45, 2.75) is 43.9 Å². The first-order chi connectivity index (χ1) is 9.70. The van der Waals surface area contributed by atoms with Crippen molar-refractivity contribution in [1.82, 2.24) is 0 Å². The topological polar surface area (TPSA) is 0 Å². The molecule has 4 aliphatic rings. The third-order valence-electron chi connectivity index (χ3n) is 6.09. The molecule has 4 bridgehead atoms. The molecule has 0 aliphatic heterocycles. The van der Waals surface area contributed by atoms with Crippen molar-refractivity contribution < 1.29 is 0 Å². The quantitative estimate of drug-likeness (QED) is 0.641. The summed E-state index contributed by atoms with van der Waals surface area (Å²) in [6.07, 6.45) is 8.24. The number of hydrogen-bond acceptors (Lipinski definition) is 0. The molecule has 1 unspecified atom stereocenters. The van der Waals surface area contributed by atoms with Crippen LogP contribution in [0.4, 0.5) is 0 Å². The van der Waals surface area contributed by atoms with Gasteiger partial charge in [-0.1, -0.05) is 29.8 Å². The SMILES string of the molecule is Clc1ccccc1CC(Cl)C1C2CC3CC(C2)CC1C3. The van der Waals surface area contributed by atoms with E-state index in [4.69, 9.17) is 23.2 Å². The van der Waals surface area contributed by atoms with Gasteiger partial charge in [0.25, 0.3) is 0 Å². The molecule has 1 aromatic rings.